The second-order valence-corrected chi connectivity index (χ2v) is 5.42. The Morgan fingerprint density at radius 3 is 2.56 bits per heavy atom. The summed E-state index contributed by atoms with van der Waals surface area (Å²) in [7, 11) is 0. The van der Waals surface area contributed by atoms with E-state index >= 15 is 0 Å². The van der Waals surface area contributed by atoms with Crippen LogP contribution < -0.4 is 5.32 Å². The third-order valence-electron chi connectivity index (χ3n) is 2.23. The number of benzene rings is 2. The zero-order chi connectivity index (χ0) is 13.1. The molecule has 0 radical (unpaired) electrons. The molecule has 0 bridgehead atoms. The molecule has 0 aliphatic carbocycles. The molecule has 0 atom stereocenters. The molecule has 0 saturated carbocycles. The lowest BCUT2D eigenvalue weighted by Crippen LogP contribution is -1.94. The Kier molecular flexibility index (Phi) is 4.00. The van der Waals surface area contributed by atoms with Crippen LogP contribution in [0.5, 0.6) is 0 Å². The number of rotatable bonds is 2. The van der Waals surface area contributed by atoms with Crippen molar-refractivity contribution in [1.82, 2.24) is 0 Å². The zero-order valence-electron chi connectivity index (χ0n) is 9.05. The predicted molar refractivity (Wildman–Crippen MR) is 76.2 cm³/mol. The van der Waals surface area contributed by atoms with Crippen LogP contribution in [0.4, 0.5) is 15.8 Å². The minimum absolute atomic E-state index is 0.350. The van der Waals surface area contributed by atoms with Crippen LogP contribution in [-0.2, 0) is 0 Å². The molecule has 2 aromatic rings. The molecule has 0 unspecified atom stereocenters. The maximum absolute atomic E-state index is 13.6. The van der Waals surface area contributed by atoms with Crippen LogP contribution in [0.1, 0.15) is 5.56 Å². The summed E-state index contributed by atoms with van der Waals surface area (Å²) in [5, 5.41) is 11.8. The summed E-state index contributed by atoms with van der Waals surface area (Å²) in [5.74, 6) is -0.350. The number of nitrogens with zero attached hydrogens (tertiary/aromatic N) is 1. The van der Waals surface area contributed by atoms with Gasteiger partial charge in [0.2, 0.25) is 0 Å². The number of hydrogen-bond acceptors (Lipinski definition) is 2. The highest BCUT2D eigenvalue weighted by Crippen LogP contribution is 2.26. The highest BCUT2D eigenvalue weighted by atomic mass is 79.9. The summed E-state index contributed by atoms with van der Waals surface area (Å²) in [6, 6.07) is 11.8. The summed E-state index contributed by atoms with van der Waals surface area (Å²) in [5.41, 5.74) is 1.51. The number of halogens is 3. The molecule has 0 heterocycles. The average molecular weight is 370 g/mol. The predicted octanol–water partition coefficient (Wildman–Crippen LogP) is 4.97. The molecule has 2 nitrogen and oxygen atoms in total. The average Bonchev–Trinajstić information content (AvgIpc) is 2.33. The van der Waals surface area contributed by atoms with Crippen molar-refractivity contribution in [2.45, 2.75) is 0 Å². The number of anilines is 2. The van der Waals surface area contributed by atoms with E-state index in [-0.39, 0.29) is 5.82 Å². The van der Waals surface area contributed by atoms with Crippen LogP contribution in [0.3, 0.4) is 0 Å². The highest BCUT2D eigenvalue weighted by Gasteiger charge is 2.05. The van der Waals surface area contributed by atoms with Gasteiger partial charge in [-0.3, -0.25) is 0 Å². The molecule has 2 rings (SSSR count). The first-order valence-electron chi connectivity index (χ1n) is 5.01. The van der Waals surface area contributed by atoms with Gasteiger partial charge in [0.1, 0.15) is 5.82 Å². The molecule has 18 heavy (non-hydrogen) atoms. The Hall–Kier alpha value is -1.38. The van der Waals surface area contributed by atoms with Gasteiger partial charge in [0.05, 0.1) is 17.3 Å². The largest absolute Gasteiger partial charge is 0.353 e. The molecule has 0 aromatic heterocycles. The van der Waals surface area contributed by atoms with Crippen molar-refractivity contribution < 1.29 is 4.39 Å². The van der Waals surface area contributed by atoms with Crippen LogP contribution in [0.2, 0.25) is 0 Å². The Balaban J connectivity index is 2.37. The van der Waals surface area contributed by atoms with E-state index in [0.29, 0.717) is 16.9 Å². The molecule has 0 aliphatic heterocycles. The molecule has 1 N–H and O–H groups in total. The minimum Gasteiger partial charge on any atom is -0.353 e. The van der Waals surface area contributed by atoms with E-state index in [1.807, 2.05) is 6.07 Å². The molecular formula is C13H7Br2FN2. The van der Waals surface area contributed by atoms with Crippen LogP contribution in [0.15, 0.2) is 45.3 Å². The molecule has 0 saturated heterocycles. The first-order chi connectivity index (χ1) is 8.58. The molecule has 2 aromatic carbocycles. The zero-order valence-corrected chi connectivity index (χ0v) is 12.2. The van der Waals surface area contributed by atoms with Crippen molar-refractivity contribution >= 4 is 43.2 Å². The minimum atomic E-state index is -0.350. The van der Waals surface area contributed by atoms with Crippen molar-refractivity contribution in [3.8, 4) is 6.07 Å². The van der Waals surface area contributed by atoms with Gasteiger partial charge in [0.25, 0.3) is 0 Å². The smallest absolute Gasteiger partial charge is 0.146 e. The quantitative estimate of drug-likeness (QED) is 0.811. The Morgan fingerprint density at radius 1 is 1.06 bits per heavy atom. The maximum atomic E-state index is 13.6. The normalized spacial score (nSPS) is 9.89. The van der Waals surface area contributed by atoms with Gasteiger partial charge in [-0.25, -0.2) is 4.39 Å². The number of nitrogens with one attached hydrogen (secondary N) is 1. The summed E-state index contributed by atoms with van der Waals surface area (Å²) in [4.78, 5) is 0. The summed E-state index contributed by atoms with van der Waals surface area (Å²) in [6.45, 7) is 0. The first kappa shape index (κ1) is 13.1. The van der Waals surface area contributed by atoms with E-state index in [1.54, 1.807) is 30.3 Å². The van der Waals surface area contributed by atoms with Gasteiger partial charge in [0, 0.05) is 14.6 Å². The van der Waals surface area contributed by atoms with Gasteiger partial charge in [0.15, 0.2) is 0 Å². The standard InChI is InChI=1S/C13H7Br2FN2/c14-9-1-2-12(16)13(6-9)18-11-4-8(7-17)3-10(15)5-11/h1-6,18H. The Bertz CT molecular complexity index is 635. The monoisotopic (exact) mass is 368 g/mol. The Morgan fingerprint density at radius 2 is 1.83 bits per heavy atom. The summed E-state index contributed by atoms with van der Waals surface area (Å²) < 4.78 is 15.1. The fourth-order valence-corrected chi connectivity index (χ4v) is 2.33. The second kappa shape index (κ2) is 5.51. The SMILES string of the molecule is N#Cc1cc(Br)cc(Nc2cc(Br)ccc2F)c1. The highest BCUT2D eigenvalue weighted by molar-refractivity contribution is 9.10. The Labute approximate surface area is 121 Å². The van der Waals surface area contributed by atoms with Crippen LogP contribution in [0.25, 0.3) is 0 Å². The van der Waals surface area contributed by atoms with Crippen molar-refractivity contribution in [2.24, 2.45) is 0 Å². The summed E-state index contributed by atoms with van der Waals surface area (Å²) in [6.07, 6.45) is 0. The summed E-state index contributed by atoms with van der Waals surface area (Å²) >= 11 is 6.59. The molecule has 5 heteroatoms. The maximum Gasteiger partial charge on any atom is 0.146 e. The van der Waals surface area contributed by atoms with Crippen molar-refractivity contribution in [1.29, 1.82) is 5.26 Å². The van der Waals surface area contributed by atoms with Crippen LogP contribution in [-0.4, -0.2) is 0 Å². The van der Waals surface area contributed by atoms with E-state index < -0.39 is 0 Å². The lowest BCUT2D eigenvalue weighted by molar-refractivity contribution is 0.631. The third kappa shape index (κ3) is 3.09. The van der Waals surface area contributed by atoms with Gasteiger partial charge in [-0.1, -0.05) is 31.9 Å². The van der Waals surface area contributed by atoms with Gasteiger partial charge in [-0.2, -0.15) is 5.26 Å². The molecule has 0 aliphatic rings. The fourth-order valence-electron chi connectivity index (χ4n) is 1.48. The van der Waals surface area contributed by atoms with E-state index in [9.17, 15) is 4.39 Å². The van der Waals surface area contributed by atoms with E-state index in [4.69, 9.17) is 5.26 Å². The molecule has 0 amide bonds. The molecular weight excluding hydrogens is 363 g/mol. The third-order valence-corrected chi connectivity index (χ3v) is 3.19. The van der Waals surface area contributed by atoms with E-state index in [0.717, 1.165) is 8.95 Å². The topological polar surface area (TPSA) is 35.8 Å². The second-order valence-electron chi connectivity index (χ2n) is 3.59. The van der Waals surface area contributed by atoms with E-state index in [2.05, 4.69) is 37.2 Å². The molecule has 0 spiro atoms. The first-order valence-corrected chi connectivity index (χ1v) is 6.60. The van der Waals surface area contributed by atoms with Gasteiger partial charge in [-0.05, 0) is 36.4 Å². The van der Waals surface area contributed by atoms with Crippen LogP contribution in [0, 0.1) is 17.1 Å². The van der Waals surface area contributed by atoms with Crippen molar-refractivity contribution in [2.75, 3.05) is 5.32 Å². The van der Waals surface area contributed by atoms with Crippen LogP contribution >= 0.6 is 31.9 Å². The van der Waals surface area contributed by atoms with Gasteiger partial charge >= 0.3 is 0 Å². The molecule has 0 fully saturated rings. The van der Waals surface area contributed by atoms with Gasteiger partial charge in [-0.15, -0.1) is 0 Å². The number of hydrogen-bond donors (Lipinski definition) is 1. The van der Waals surface area contributed by atoms with Crippen molar-refractivity contribution in [3.63, 3.8) is 0 Å². The van der Waals surface area contributed by atoms with Gasteiger partial charge < -0.3 is 5.32 Å². The van der Waals surface area contributed by atoms with Crippen molar-refractivity contribution in [3.05, 3.63) is 56.7 Å². The fraction of sp³-hybridized carbons (Fsp3) is 0. The lowest BCUT2D eigenvalue weighted by Gasteiger charge is -2.09. The van der Waals surface area contributed by atoms with E-state index in [1.165, 1.54) is 6.07 Å². The molecule has 90 valence electrons. The lowest BCUT2D eigenvalue weighted by atomic mass is 10.2. The number of nitriles is 1.